The lowest BCUT2D eigenvalue weighted by Gasteiger charge is -2.17. The second-order valence-corrected chi connectivity index (χ2v) is 6.63. The molecule has 0 aliphatic carbocycles. The lowest BCUT2D eigenvalue weighted by molar-refractivity contribution is 0.466. The van der Waals surface area contributed by atoms with Crippen molar-refractivity contribution in [2.24, 2.45) is 0 Å². The number of nitrogens with one attached hydrogen (secondary N) is 2. The third-order valence-electron chi connectivity index (χ3n) is 3.12. The van der Waals surface area contributed by atoms with E-state index in [-0.39, 0.29) is 10.9 Å². The van der Waals surface area contributed by atoms with E-state index in [4.69, 9.17) is 10.2 Å². The van der Waals surface area contributed by atoms with Gasteiger partial charge in [-0.3, -0.25) is 0 Å². The molecular weight excluding hydrogens is 290 g/mol. The van der Waals surface area contributed by atoms with Crippen molar-refractivity contribution in [3.8, 4) is 0 Å². The average Bonchev–Trinajstić information content (AvgIpc) is 2.87. The third-order valence-corrected chi connectivity index (χ3v) is 4.58. The maximum atomic E-state index is 12.1. The molecule has 21 heavy (non-hydrogen) atoms. The summed E-state index contributed by atoms with van der Waals surface area (Å²) in [7, 11) is -2.23. The molecule has 0 radical (unpaired) electrons. The summed E-state index contributed by atoms with van der Waals surface area (Å²) in [4.78, 5) is 0.111. The van der Waals surface area contributed by atoms with Crippen LogP contribution in [0.3, 0.4) is 0 Å². The van der Waals surface area contributed by atoms with Crippen molar-refractivity contribution in [3.63, 3.8) is 0 Å². The highest BCUT2D eigenvalue weighted by Crippen LogP contribution is 2.28. The highest BCUT2D eigenvalue weighted by molar-refractivity contribution is 7.89. The largest absolute Gasteiger partial charge is 0.464 e. The number of hydrogen-bond acceptors (Lipinski definition) is 5. The first-order valence-electron chi connectivity index (χ1n) is 6.49. The molecule has 0 amide bonds. The van der Waals surface area contributed by atoms with Crippen LogP contribution >= 0.6 is 0 Å². The summed E-state index contributed by atoms with van der Waals surface area (Å²) >= 11 is 0. The smallest absolute Gasteiger partial charge is 0.242 e. The Hall–Kier alpha value is -1.99. The van der Waals surface area contributed by atoms with E-state index in [1.807, 2.05) is 26.0 Å². The molecule has 2 aromatic rings. The first-order valence-corrected chi connectivity index (χ1v) is 7.98. The van der Waals surface area contributed by atoms with Crippen molar-refractivity contribution in [3.05, 3.63) is 41.9 Å². The first kappa shape index (κ1) is 15.4. The van der Waals surface area contributed by atoms with Gasteiger partial charge in [0.2, 0.25) is 10.0 Å². The van der Waals surface area contributed by atoms with Gasteiger partial charge in [-0.1, -0.05) is 0 Å². The highest BCUT2D eigenvalue weighted by atomic mass is 32.2. The van der Waals surface area contributed by atoms with Crippen LogP contribution in [0.5, 0.6) is 0 Å². The van der Waals surface area contributed by atoms with Gasteiger partial charge in [0.05, 0.1) is 11.7 Å². The Morgan fingerprint density at radius 1 is 1.24 bits per heavy atom. The SMILES string of the molecule is CNS(=O)(=O)c1cc(N)ccc1NC(C)c1ccc(C)o1. The van der Waals surface area contributed by atoms with E-state index in [0.29, 0.717) is 11.4 Å². The van der Waals surface area contributed by atoms with E-state index in [2.05, 4.69) is 10.0 Å². The molecule has 1 heterocycles. The van der Waals surface area contributed by atoms with Crippen molar-refractivity contribution < 1.29 is 12.8 Å². The van der Waals surface area contributed by atoms with E-state index >= 15 is 0 Å². The molecule has 0 fully saturated rings. The molecule has 1 aromatic carbocycles. The van der Waals surface area contributed by atoms with Crippen LogP contribution in [0.4, 0.5) is 11.4 Å². The van der Waals surface area contributed by atoms with Gasteiger partial charge >= 0.3 is 0 Å². The zero-order valence-electron chi connectivity index (χ0n) is 12.2. The summed E-state index contributed by atoms with van der Waals surface area (Å²) in [6, 6.07) is 8.27. The van der Waals surface area contributed by atoms with Gasteiger partial charge in [0.1, 0.15) is 16.4 Å². The van der Waals surface area contributed by atoms with Gasteiger partial charge in [-0.15, -0.1) is 0 Å². The molecule has 1 aromatic heterocycles. The van der Waals surface area contributed by atoms with E-state index < -0.39 is 10.0 Å². The second-order valence-electron chi connectivity index (χ2n) is 4.78. The second kappa shape index (κ2) is 5.79. The molecule has 0 aliphatic heterocycles. The summed E-state index contributed by atoms with van der Waals surface area (Å²) < 4.78 is 32.0. The quantitative estimate of drug-likeness (QED) is 0.736. The predicted molar refractivity (Wildman–Crippen MR) is 82.6 cm³/mol. The molecule has 1 atom stereocenters. The monoisotopic (exact) mass is 309 g/mol. The molecule has 2 rings (SSSR count). The normalized spacial score (nSPS) is 13.1. The summed E-state index contributed by atoms with van der Waals surface area (Å²) in [5, 5.41) is 3.14. The molecule has 0 saturated heterocycles. The van der Waals surface area contributed by atoms with Crippen molar-refractivity contribution >= 4 is 21.4 Å². The van der Waals surface area contributed by atoms with E-state index in [1.165, 1.54) is 13.1 Å². The zero-order valence-corrected chi connectivity index (χ0v) is 13.0. The molecule has 7 heteroatoms. The maximum absolute atomic E-state index is 12.1. The lowest BCUT2D eigenvalue weighted by atomic mass is 10.2. The van der Waals surface area contributed by atoms with Crippen LogP contribution in [0.15, 0.2) is 39.6 Å². The molecule has 114 valence electrons. The van der Waals surface area contributed by atoms with E-state index in [9.17, 15) is 8.42 Å². The van der Waals surface area contributed by atoms with Crippen LogP contribution < -0.4 is 15.8 Å². The minimum Gasteiger partial charge on any atom is -0.464 e. The van der Waals surface area contributed by atoms with Crippen LogP contribution in [-0.2, 0) is 10.0 Å². The number of hydrogen-bond donors (Lipinski definition) is 3. The first-order chi connectivity index (χ1) is 9.83. The fourth-order valence-corrected chi connectivity index (χ4v) is 2.91. The van der Waals surface area contributed by atoms with Gasteiger partial charge in [-0.2, -0.15) is 0 Å². The fourth-order valence-electron chi connectivity index (χ4n) is 1.98. The van der Waals surface area contributed by atoms with Gasteiger partial charge in [-0.25, -0.2) is 13.1 Å². The molecule has 1 unspecified atom stereocenters. The van der Waals surface area contributed by atoms with Crippen LogP contribution in [0.1, 0.15) is 24.5 Å². The Kier molecular flexibility index (Phi) is 4.24. The number of rotatable bonds is 5. The zero-order chi connectivity index (χ0) is 15.6. The number of furan rings is 1. The molecular formula is C14H19N3O3S. The Morgan fingerprint density at radius 3 is 2.52 bits per heavy atom. The molecule has 4 N–H and O–H groups in total. The number of anilines is 2. The Balaban J connectivity index is 2.36. The number of benzene rings is 1. The third kappa shape index (κ3) is 3.37. The van der Waals surface area contributed by atoms with E-state index in [1.54, 1.807) is 12.1 Å². The van der Waals surface area contributed by atoms with Crippen LogP contribution in [-0.4, -0.2) is 15.5 Å². The van der Waals surface area contributed by atoms with Crippen LogP contribution in [0.2, 0.25) is 0 Å². The van der Waals surface area contributed by atoms with Gasteiger partial charge in [0, 0.05) is 5.69 Å². The van der Waals surface area contributed by atoms with E-state index in [0.717, 1.165) is 11.5 Å². The Labute approximate surface area is 124 Å². The Bertz CT molecular complexity index is 738. The minimum absolute atomic E-state index is 0.111. The summed E-state index contributed by atoms with van der Waals surface area (Å²) in [5.74, 6) is 1.54. The van der Waals surface area contributed by atoms with Gasteiger partial charge in [-0.05, 0) is 51.2 Å². The van der Waals surface area contributed by atoms with Gasteiger partial charge in [0.25, 0.3) is 0 Å². The van der Waals surface area contributed by atoms with Crippen molar-refractivity contribution in [2.75, 3.05) is 18.1 Å². The average molecular weight is 309 g/mol. The van der Waals surface area contributed by atoms with Crippen LogP contribution in [0, 0.1) is 6.92 Å². The minimum atomic E-state index is -3.60. The van der Waals surface area contributed by atoms with Crippen molar-refractivity contribution in [1.82, 2.24) is 4.72 Å². The summed E-state index contributed by atoms with van der Waals surface area (Å²) in [6.45, 7) is 3.75. The molecule has 0 saturated carbocycles. The van der Waals surface area contributed by atoms with Gasteiger partial charge < -0.3 is 15.5 Å². The van der Waals surface area contributed by atoms with Crippen molar-refractivity contribution in [2.45, 2.75) is 24.8 Å². The fraction of sp³-hybridized carbons (Fsp3) is 0.286. The number of sulfonamides is 1. The highest BCUT2D eigenvalue weighted by Gasteiger charge is 2.19. The Morgan fingerprint density at radius 2 is 1.95 bits per heavy atom. The topological polar surface area (TPSA) is 97.4 Å². The maximum Gasteiger partial charge on any atom is 0.242 e. The molecule has 0 spiro atoms. The summed E-state index contributed by atoms with van der Waals surface area (Å²) in [6.07, 6.45) is 0. The standard InChI is InChI=1S/C14H19N3O3S/c1-9-4-7-13(20-9)10(2)17-12-6-5-11(15)8-14(12)21(18,19)16-3/h4-8,10,16-17H,15H2,1-3H3. The number of nitrogens with two attached hydrogens (primary N) is 1. The number of nitrogen functional groups attached to an aromatic ring is 1. The predicted octanol–water partition coefficient (Wildman–Crippen LogP) is 2.25. The molecule has 0 bridgehead atoms. The summed E-state index contributed by atoms with van der Waals surface area (Å²) in [5.41, 5.74) is 6.54. The molecule has 0 aliphatic rings. The van der Waals surface area contributed by atoms with Crippen molar-refractivity contribution in [1.29, 1.82) is 0 Å². The number of aryl methyl sites for hydroxylation is 1. The molecule has 6 nitrogen and oxygen atoms in total. The van der Waals surface area contributed by atoms with Gasteiger partial charge in [0.15, 0.2) is 0 Å². The van der Waals surface area contributed by atoms with Crippen LogP contribution in [0.25, 0.3) is 0 Å². The lowest BCUT2D eigenvalue weighted by Crippen LogP contribution is -2.21.